The van der Waals surface area contributed by atoms with Crippen LogP contribution >= 0.6 is 11.3 Å². The predicted octanol–water partition coefficient (Wildman–Crippen LogP) is 2.40. The van der Waals surface area contributed by atoms with Gasteiger partial charge in [-0.05, 0) is 18.6 Å². The third-order valence-electron chi connectivity index (χ3n) is 4.44. The molecule has 3 N–H and O–H groups in total. The lowest BCUT2D eigenvalue weighted by molar-refractivity contribution is 0.0308. The maximum Gasteiger partial charge on any atom is 0.190 e. The van der Waals surface area contributed by atoms with E-state index < -0.39 is 11.6 Å². The highest BCUT2D eigenvalue weighted by Crippen LogP contribution is 2.31. The molecule has 2 bridgehead atoms. The Morgan fingerprint density at radius 1 is 1.44 bits per heavy atom. The Balaban J connectivity index is 1.46. The molecule has 3 heterocycles. The molecule has 2 aliphatic rings. The molecular formula is C16H16F2N4O2S. The molecule has 132 valence electrons. The summed E-state index contributed by atoms with van der Waals surface area (Å²) in [5.74, 6) is -1.84. The zero-order valence-electron chi connectivity index (χ0n) is 13.2. The number of nitrogen functional groups attached to an aromatic ring is 1. The number of nitrogens with zero attached hydrogens (tertiary/aromatic N) is 2. The summed E-state index contributed by atoms with van der Waals surface area (Å²) in [7, 11) is 0. The van der Waals surface area contributed by atoms with E-state index in [9.17, 15) is 13.6 Å². The van der Waals surface area contributed by atoms with Crippen molar-refractivity contribution in [1.82, 2.24) is 9.88 Å². The van der Waals surface area contributed by atoms with E-state index in [0.29, 0.717) is 28.3 Å². The van der Waals surface area contributed by atoms with Gasteiger partial charge in [0.15, 0.2) is 22.5 Å². The maximum atomic E-state index is 13.3. The highest BCUT2D eigenvalue weighted by atomic mass is 32.1. The second kappa shape index (κ2) is 6.32. The van der Waals surface area contributed by atoms with Gasteiger partial charge < -0.3 is 15.8 Å². The van der Waals surface area contributed by atoms with Crippen molar-refractivity contribution in [3.05, 3.63) is 34.7 Å². The van der Waals surface area contributed by atoms with E-state index >= 15 is 0 Å². The number of nitrogens with two attached hydrogens (primary N) is 1. The first-order valence-electron chi connectivity index (χ1n) is 7.87. The van der Waals surface area contributed by atoms with Crippen LogP contribution in [0.5, 0.6) is 0 Å². The number of benzene rings is 1. The first kappa shape index (κ1) is 16.4. The Labute approximate surface area is 146 Å². The lowest BCUT2D eigenvalue weighted by Gasteiger charge is -2.25. The van der Waals surface area contributed by atoms with Crippen molar-refractivity contribution in [3.63, 3.8) is 0 Å². The molecule has 2 aliphatic heterocycles. The van der Waals surface area contributed by atoms with Crippen LogP contribution in [0.2, 0.25) is 0 Å². The normalized spacial score (nSPS) is 22.5. The quantitative estimate of drug-likeness (QED) is 0.791. The summed E-state index contributed by atoms with van der Waals surface area (Å²) in [6.07, 6.45) is 1.19. The number of halogens is 2. The number of hydrogen-bond acceptors (Lipinski definition) is 7. The van der Waals surface area contributed by atoms with Gasteiger partial charge in [-0.25, -0.2) is 13.8 Å². The first-order chi connectivity index (χ1) is 12.0. The average molecular weight is 366 g/mol. The summed E-state index contributed by atoms with van der Waals surface area (Å²) in [5, 5.41) is 3.20. The molecule has 0 spiro atoms. The van der Waals surface area contributed by atoms with Gasteiger partial charge in [-0.2, -0.15) is 0 Å². The van der Waals surface area contributed by atoms with Crippen LogP contribution in [-0.4, -0.2) is 47.5 Å². The highest BCUT2D eigenvalue weighted by Gasteiger charge is 2.39. The third kappa shape index (κ3) is 3.22. The molecule has 0 saturated carbocycles. The molecule has 0 unspecified atom stereocenters. The third-order valence-corrected chi connectivity index (χ3v) is 5.47. The Morgan fingerprint density at radius 3 is 2.96 bits per heavy atom. The second-order valence-corrected chi connectivity index (χ2v) is 7.18. The molecule has 25 heavy (non-hydrogen) atoms. The Kier molecular flexibility index (Phi) is 4.14. The number of aromatic nitrogens is 1. The van der Waals surface area contributed by atoms with Crippen LogP contribution in [0.15, 0.2) is 18.2 Å². The standard InChI is InChI=1S/C16H16F2N4O2S/c17-11-2-1-8(3-12(11)18)20-16-21-15(19)14(25-16)13(23)6-22-5-10-4-9(22)7-24-10/h1-3,9-10H,4-7,19H2,(H,20,21)/t9-,10-/m0/s1. The molecule has 1 aromatic heterocycles. The molecule has 2 aromatic rings. The molecule has 2 fully saturated rings. The van der Waals surface area contributed by atoms with E-state index in [0.717, 1.165) is 36.4 Å². The highest BCUT2D eigenvalue weighted by molar-refractivity contribution is 7.18. The number of carbonyl (C=O) groups excluding carboxylic acids is 1. The van der Waals surface area contributed by atoms with Crippen molar-refractivity contribution in [2.24, 2.45) is 0 Å². The number of nitrogens with one attached hydrogen (secondary N) is 1. The molecule has 9 heteroatoms. The van der Waals surface area contributed by atoms with Gasteiger partial charge in [-0.15, -0.1) is 0 Å². The fourth-order valence-corrected chi connectivity index (χ4v) is 4.05. The van der Waals surface area contributed by atoms with Gasteiger partial charge >= 0.3 is 0 Å². The zero-order valence-corrected chi connectivity index (χ0v) is 14.0. The maximum absolute atomic E-state index is 13.3. The summed E-state index contributed by atoms with van der Waals surface area (Å²) in [6, 6.07) is 3.72. The van der Waals surface area contributed by atoms with Crippen LogP contribution in [0.4, 0.5) is 25.4 Å². The second-order valence-electron chi connectivity index (χ2n) is 6.18. The first-order valence-corrected chi connectivity index (χ1v) is 8.68. The molecule has 1 aromatic carbocycles. The van der Waals surface area contributed by atoms with E-state index in [1.807, 2.05) is 0 Å². The fraction of sp³-hybridized carbons (Fsp3) is 0.375. The van der Waals surface area contributed by atoms with Crippen molar-refractivity contribution >= 4 is 33.8 Å². The van der Waals surface area contributed by atoms with Gasteiger partial charge in [0, 0.05) is 24.3 Å². The van der Waals surface area contributed by atoms with E-state index in [4.69, 9.17) is 10.5 Å². The van der Waals surface area contributed by atoms with Crippen molar-refractivity contribution in [2.75, 3.05) is 30.7 Å². The van der Waals surface area contributed by atoms with E-state index in [1.54, 1.807) is 0 Å². The minimum atomic E-state index is -0.961. The summed E-state index contributed by atoms with van der Waals surface area (Å²) in [6.45, 7) is 1.70. The van der Waals surface area contributed by atoms with Crippen LogP contribution in [0.1, 0.15) is 16.1 Å². The van der Waals surface area contributed by atoms with Crippen molar-refractivity contribution in [3.8, 4) is 0 Å². The number of Topliss-reactive ketones (excluding diaryl/α,β-unsaturated/α-hetero) is 1. The number of rotatable bonds is 5. The fourth-order valence-electron chi connectivity index (χ4n) is 3.21. The summed E-state index contributed by atoms with van der Waals surface area (Å²) in [5.41, 5.74) is 6.20. The molecular weight excluding hydrogens is 350 g/mol. The topological polar surface area (TPSA) is 80.5 Å². The van der Waals surface area contributed by atoms with Gasteiger partial charge in [0.2, 0.25) is 0 Å². The number of fused-ring (bicyclic) bond motifs is 2. The largest absolute Gasteiger partial charge is 0.382 e. The van der Waals surface area contributed by atoms with Crippen molar-refractivity contribution in [2.45, 2.75) is 18.6 Å². The van der Waals surface area contributed by atoms with Crippen molar-refractivity contribution in [1.29, 1.82) is 0 Å². The van der Waals surface area contributed by atoms with Crippen LogP contribution in [0, 0.1) is 11.6 Å². The van der Waals surface area contributed by atoms with Gasteiger partial charge in [-0.1, -0.05) is 11.3 Å². The molecule has 2 saturated heterocycles. The van der Waals surface area contributed by atoms with E-state index in [-0.39, 0.29) is 24.2 Å². The number of thiazole rings is 1. The van der Waals surface area contributed by atoms with Gasteiger partial charge in [0.25, 0.3) is 0 Å². The monoisotopic (exact) mass is 366 g/mol. The SMILES string of the molecule is Nc1nc(Nc2ccc(F)c(F)c2)sc1C(=O)CN1C[C@@H]2C[C@H]1CO2. The number of ether oxygens (including phenoxy) is 1. The number of likely N-dealkylation sites (tertiary alicyclic amines) is 1. The summed E-state index contributed by atoms with van der Waals surface area (Å²) < 4.78 is 31.8. The molecule has 0 radical (unpaired) electrons. The lowest BCUT2D eigenvalue weighted by Crippen LogP contribution is -2.40. The minimum absolute atomic E-state index is 0.0964. The minimum Gasteiger partial charge on any atom is -0.382 e. The molecule has 6 nitrogen and oxygen atoms in total. The molecule has 4 rings (SSSR count). The zero-order chi connectivity index (χ0) is 17.6. The molecule has 0 aliphatic carbocycles. The predicted molar refractivity (Wildman–Crippen MR) is 90.2 cm³/mol. The number of anilines is 3. The lowest BCUT2D eigenvalue weighted by atomic mass is 10.2. The van der Waals surface area contributed by atoms with Crippen LogP contribution in [0.3, 0.4) is 0 Å². The van der Waals surface area contributed by atoms with Crippen molar-refractivity contribution < 1.29 is 18.3 Å². The van der Waals surface area contributed by atoms with Gasteiger partial charge in [-0.3, -0.25) is 9.69 Å². The van der Waals surface area contributed by atoms with Gasteiger partial charge in [0.05, 0.1) is 19.3 Å². The number of ketones is 1. The number of carbonyl (C=O) groups is 1. The Bertz CT molecular complexity index is 828. The number of morpholine rings is 1. The van der Waals surface area contributed by atoms with Crippen LogP contribution < -0.4 is 11.1 Å². The van der Waals surface area contributed by atoms with Crippen LogP contribution in [0.25, 0.3) is 0 Å². The number of hydrogen-bond donors (Lipinski definition) is 2. The molecule has 0 amide bonds. The van der Waals surface area contributed by atoms with E-state index in [2.05, 4.69) is 15.2 Å². The Hall–Kier alpha value is -2.10. The Morgan fingerprint density at radius 2 is 2.28 bits per heavy atom. The van der Waals surface area contributed by atoms with Gasteiger partial charge in [0.1, 0.15) is 10.7 Å². The summed E-state index contributed by atoms with van der Waals surface area (Å²) >= 11 is 1.11. The smallest absolute Gasteiger partial charge is 0.190 e. The summed E-state index contributed by atoms with van der Waals surface area (Å²) in [4.78, 5) is 19.1. The van der Waals surface area contributed by atoms with Crippen LogP contribution in [-0.2, 0) is 4.74 Å². The van der Waals surface area contributed by atoms with E-state index in [1.165, 1.54) is 6.07 Å². The average Bonchev–Trinajstić information content (AvgIpc) is 3.26. The molecule has 2 atom stereocenters.